The molecule has 0 aliphatic carbocycles. The first-order chi connectivity index (χ1) is 11.1. The molecule has 3 aromatic rings. The number of aromatic nitrogens is 6. The van der Waals surface area contributed by atoms with E-state index in [-0.39, 0.29) is 11.6 Å². The molecule has 0 amide bonds. The summed E-state index contributed by atoms with van der Waals surface area (Å²) in [5.41, 5.74) is 0.370. The van der Waals surface area contributed by atoms with Crippen LogP contribution in [0, 0.1) is 10.1 Å². The maximum absolute atomic E-state index is 10.6. The van der Waals surface area contributed by atoms with Crippen molar-refractivity contribution in [2.45, 2.75) is 26.4 Å². The van der Waals surface area contributed by atoms with Gasteiger partial charge >= 0.3 is 5.69 Å². The highest BCUT2D eigenvalue weighted by Crippen LogP contribution is 2.25. The Labute approximate surface area is 134 Å². The molecule has 0 aliphatic heterocycles. The molecule has 3 aromatic heterocycles. The predicted octanol–water partition coefficient (Wildman–Crippen LogP) is 1.95. The van der Waals surface area contributed by atoms with Crippen molar-refractivity contribution in [3.63, 3.8) is 0 Å². The Bertz CT molecular complexity index is 837. The molecular formula is C12H12ClN7O3. The van der Waals surface area contributed by atoms with Gasteiger partial charge in [0.05, 0.1) is 9.95 Å². The smallest absolute Gasteiger partial charge is 0.306 e. The molecule has 3 rings (SSSR count). The standard InChI is InChI=1S/C12H12ClN7O3/c1-2-18-7-9(13)11(17-18)12-16-15-10(23-12)3-4-19-6-8(5-14-19)20(21)22/h5-7H,2-4H2,1H3. The van der Waals surface area contributed by atoms with Crippen LogP contribution in [0.25, 0.3) is 11.6 Å². The lowest BCUT2D eigenvalue weighted by molar-refractivity contribution is -0.385. The van der Waals surface area contributed by atoms with Crippen LogP contribution in [0.3, 0.4) is 0 Å². The molecule has 0 N–H and O–H groups in total. The van der Waals surface area contributed by atoms with Crippen molar-refractivity contribution in [3.8, 4) is 11.6 Å². The first-order valence-electron chi connectivity index (χ1n) is 6.79. The van der Waals surface area contributed by atoms with Crippen LogP contribution in [-0.2, 0) is 19.5 Å². The SMILES string of the molecule is CCn1cc(Cl)c(-c2nnc(CCn3cc([N+](=O)[O-])cn3)o2)n1. The lowest BCUT2D eigenvalue weighted by Gasteiger charge is -1.96. The Morgan fingerprint density at radius 3 is 2.83 bits per heavy atom. The van der Waals surface area contributed by atoms with Gasteiger partial charge in [-0.3, -0.25) is 19.5 Å². The molecule has 10 nitrogen and oxygen atoms in total. The van der Waals surface area contributed by atoms with Crippen LogP contribution >= 0.6 is 11.6 Å². The fourth-order valence-corrected chi connectivity index (χ4v) is 2.17. The van der Waals surface area contributed by atoms with Crippen LogP contribution in [-0.4, -0.2) is 34.7 Å². The Balaban J connectivity index is 1.69. The molecule has 23 heavy (non-hydrogen) atoms. The monoisotopic (exact) mass is 337 g/mol. The van der Waals surface area contributed by atoms with Gasteiger partial charge in [-0.15, -0.1) is 10.2 Å². The molecule has 0 saturated heterocycles. The second kappa shape index (κ2) is 6.16. The topological polar surface area (TPSA) is 118 Å². The number of nitro groups is 1. The molecule has 0 saturated carbocycles. The minimum absolute atomic E-state index is 0.0619. The summed E-state index contributed by atoms with van der Waals surface area (Å²) in [6.07, 6.45) is 4.61. The van der Waals surface area contributed by atoms with E-state index in [1.807, 2.05) is 6.92 Å². The maximum Gasteiger partial charge on any atom is 0.306 e. The zero-order valence-corrected chi connectivity index (χ0v) is 12.8. The zero-order chi connectivity index (χ0) is 16.4. The minimum Gasteiger partial charge on any atom is -0.419 e. The van der Waals surface area contributed by atoms with Gasteiger partial charge in [-0.25, -0.2) is 0 Å². The highest BCUT2D eigenvalue weighted by atomic mass is 35.5. The molecular weight excluding hydrogens is 326 g/mol. The first-order valence-corrected chi connectivity index (χ1v) is 7.17. The average Bonchev–Trinajstić information content (AvgIpc) is 3.24. The molecule has 0 fully saturated rings. The largest absolute Gasteiger partial charge is 0.419 e. The molecule has 0 spiro atoms. The summed E-state index contributed by atoms with van der Waals surface area (Å²) < 4.78 is 8.64. The third kappa shape index (κ3) is 3.21. The van der Waals surface area contributed by atoms with E-state index in [9.17, 15) is 10.1 Å². The van der Waals surface area contributed by atoms with Crippen LogP contribution < -0.4 is 0 Å². The van der Waals surface area contributed by atoms with E-state index in [0.717, 1.165) is 0 Å². The summed E-state index contributed by atoms with van der Waals surface area (Å²) in [5, 5.41) is 27.0. The maximum atomic E-state index is 10.6. The molecule has 120 valence electrons. The molecule has 0 aromatic carbocycles. The molecule has 0 atom stereocenters. The van der Waals surface area contributed by atoms with E-state index < -0.39 is 4.92 Å². The van der Waals surface area contributed by atoms with E-state index in [1.54, 1.807) is 10.9 Å². The summed E-state index contributed by atoms with van der Waals surface area (Å²) in [4.78, 5) is 10.1. The second-order valence-corrected chi connectivity index (χ2v) is 5.06. The van der Waals surface area contributed by atoms with Gasteiger partial charge in [0.15, 0.2) is 5.69 Å². The highest BCUT2D eigenvalue weighted by molar-refractivity contribution is 6.32. The lowest BCUT2D eigenvalue weighted by atomic mass is 10.4. The van der Waals surface area contributed by atoms with Gasteiger partial charge in [0, 0.05) is 25.7 Å². The van der Waals surface area contributed by atoms with E-state index >= 15 is 0 Å². The fraction of sp³-hybridized carbons (Fsp3) is 0.333. The quantitative estimate of drug-likeness (QED) is 0.498. The third-order valence-corrected chi connectivity index (χ3v) is 3.37. The van der Waals surface area contributed by atoms with Crippen molar-refractivity contribution in [3.05, 3.63) is 39.6 Å². The van der Waals surface area contributed by atoms with Gasteiger partial charge < -0.3 is 4.42 Å². The van der Waals surface area contributed by atoms with Gasteiger partial charge in [0.2, 0.25) is 5.89 Å². The van der Waals surface area contributed by atoms with E-state index in [2.05, 4.69) is 20.4 Å². The Hall–Kier alpha value is -2.75. The number of halogens is 1. The third-order valence-electron chi connectivity index (χ3n) is 3.10. The van der Waals surface area contributed by atoms with Crippen molar-refractivity contribution >= 4 is 17.3 Å². The summed E-state index contributed by atoms with van der Waals surface area (Å²) in [6, 6.07) is 0. The van der Waals surface area contributed by atoms with E-state index in [1.165, 1.54) is 17.1 Å². The number of nitrogens with zero attached hydrogens (tertiary/aromatic N) is 7. The predicted molar refractivity (Wildman–Crippen MR) is 78.8 cm³/mol. The number of rotatable bonds is 6. The Morgan fingerprint density at radius 2 is 2.17 bits per heavy atom. The van der Waals surface area contributed by atoms with Crippen LogP contribution in [0.2, 0.25) is 5.02 Å². The average molecular weight is 338 g/mol. The number of hydrogen-bond donors (Lipinski definition) is 0. The Kier molecular flexibility index (Phi) is 4.06. The molecule has 11 heteroatoms. The van der Waals surface area contributed by atoms with Crippen LogP contribution in [0.4, 0.5) is 5.69 Å². The normalized spacial score (nSPS) is 11.0. The summed E-state index contributed by atoms with van der Waals surface area (Å²) in [5.74, 6) is 0.615. The summed E-state index contributed by atoms with van der Waals surface area (Å²) in [6.45, 7) is 3.00. The van der Waals surface area contributed by atoms with Crippen molar-refractivity contribution < 1.29 is 9.34 Å². The molecule has 0 bridgehead atoms. The van der Waals surface area contributed by atoms with Crippen LogP contribution in [0.15, 0.2) is 23.0 Å². The van der Waals surface area contributed by atoms with Gasteiger partial charge in [-0.1, -0.05) is 11.6 Å². The van der Waals surface area contributed by atoms with Gasteiger partial charge in [0.25, 0.3) is 5.89 Å². The second-order valence-electron chi connectivity index (χ2n) is 4.65. The van der Waals surface area contributed by atoms with E-state index in [4.69, 9.17) is 16.0 Å². The van der Waals surface area contributed by atoms with Crippen molar-refractivity contribution in [1.29, 1.82) is 0 Å². The van der Waals surface area contributed by atoms with Crippen molar-refractivity contribution in [2.24, 2.45) is 0 Å². The molecule has 0 unspecified atom stereocenters. The van der Waals surface area contributed by atoms with Crippen molar-refractivity contribution in [2.75, 3.05) is 0 Å². The lowest BCUT2D eigenvalue weighted by Crippen LogP contribution is -2.01. The van der Waals surface area contributed by atoms with Gasteiger partial charge in [-0.05, 0) is 6.92 Å². The number of hydrogen-bond acceptors (Lipinski definition) is 7. The summed E-state index contributed by atoms with van der Waals surface area (Å²) in [7, 11) is 0. The fourth-order valence-electron chi connectivity index (χ4n) is 1.93. The highest BCUT2D eigenvalue weighted by Gasteiger charge is 2.16. The molecule has 3 heterocycles. The number of aryl methyl sites for hydroxylation is 3. The van der Waals surface area contributed by atoms with Crippen LogP contribution in [0.5, 0.6) is 0 Å². The van der Waals surface area contributed by atoms with Gasteiger partial charge in [-0.2, -0.15) is 10.2 Å². The minimum atomic E-state index is -0.500. The zero-order valence-electron chi connectivity index (χ0n) is 12.1. The van der Waals surface area contributed by atoms with Crippen LogP contribution in [0.1, 0.15) is 12.8 Å². The molecule has 0 radical (unpaired) electrons. The summed E-state index contributed by atoms with van der Waals surface area (Å²) >= 11 is 6.08. The Morgan fingerprint density at radius 1 is 1.35 bits per heavy atom. The van der Waals surface area contributed by atoms with Gasteiger partial charge in [0.1, 0.15) is 12.4 Å². The van der Waals surface area contributed by atoms with Crippen molar-refractivity contribution in [1.82, 2.24) is 29.8 Å². The first kappa shape index (κ1) is 15.2. The van der Waals surface area contributed by atoms with E-state index in [0.29, 0.717) is 36.1 Å². The molecule has 0 aliphatic rings.